The lowest BCUT2D eigenvalue weighted by Crippen LogP contribution is -2.30. The van der Waals surface area contributed by atoms with Crippen LogP contribution in [0.25, 0.3) is 0 Å². The van der Waals surface area contributed by atoms with Crippen molar-refractivity contribution in [2.24, 2.45) is 11.8 Å². The van der Waals surface area contributed by atoms with E-state index in [0.717, 1.165) is 12.0 Å². The predicted octanol–water partition coefficient (Wildman–Crippen LogP) is 2.27. The van der Waals surface area contributed by atoms with Crippen LogP contribution in [0.2, 0.25) is 0 Å². The monoisotopic (exact) mass is 277 g/mol. The van der Waals surface area contributed by atoms with E-state index in [1.165, 1.54) is 0 Å². The first-order valence-electron chi connectivity index (χ1n) is 6.73. The molecule has 1 amide bonds. The second kappa shape index (κ2) is 6.52. The van der Waals surface area contributed by atoms with Gasteiger partial charge in [-0.05, 0) is 30.5 Å². The number of amides is 1. The summed E-state index contributed by atoms with van der Waals surface area (Å²) in [6.07, 6.45) is 2.01. The molecule has 1 aliphatic rings. The Morgan fingerprint density at radius 3 is 2.80 bits per heavy atom. The molecule has 0 aliphatic heterocycles. The van der Waals surface area contributed by atoms with Crippen molar-refractivity contribution in [3.8, 4) is 0 Å². The second-order valence-electron chi connectivity index (χ2n) is 5.10. The van der Waals surface area contributed by atoms with Gasteiger partial charge in [-0.25, -0.2) is 0 Å². The van der Waals surface area contributed by atoms with Gasteiger partial charge in [0.1, 0.15) is 0 Å². The van der Waals surface area contributed by atoms with Crippen LogP contribution in [0.3, 0.4) is 0 Å². The van der Waals surface area contributed by atoms with Gasteiger partial charge in [0.15, 0.2) is 0 Å². The zero-order valence-corrected chi connectivity index (χ0v) is 11.5. The fraction of sp³-hybridized carbons (Fsp3) is 0.467. The van der Waals surface area contributed by atoms with Gasteiger partial charge in [0.25, 0.3) is 0 Å². The minimum atomic E-state index is -0.879. The topological polar surface area (TPSA) is 75.6 Å². The van der Waals surface area contributed by atoms with Crippen molar-refractivity contribution in [1.29, 1.82) is 0 Å². The summed E-state index contributed by atoms with van der Waals surface area (Å²) in [6, 6.07) is 7.38. The molecule has 1 aromatic carbocycles. The average molecular weight is 277 g/mol. The van der Waals surface area contributed by atoms with Crippen molar-refractivity contribution < 1.29 is 19.4 Å². The molecule has 1 saturated carbocycles. The van der Waals surface area contributed by atoms with Crippen molar-refractivity contribution in [2.45, 2.75) is 25.9 Å². The van der Waals surface area contributed by atoms with Gasteiger partial charge in [-0.2, -0.15) is 0 Å². The largest absolute Gasteiger partial charge is 0.481 e. The molecule has 5 heteroatoms. The minimum absolute atomic E-state index is 0.204. The molecule has 2 rings (SSSR count). The molecule has 0 radical (unpaired) electrons. The summed E-state index contributed by atoms with van der Waals surface area (Å²) in [7, 11) is 1.61. The number of carbonyl (C=O) groups excluding carboxylic acids is 1. The maximum atomic E-state index is 12.2. The number of carbonyl (C=O) groups is 2. The van der Waals surface area contributed by atoms with Crippen LogP contribution >= 0.6 is 0 Å². The summed E-state index contributed by atoms with van der Waals surface area (Å²) < 4.78 is 5.05. The van der Waals surface area contributed by atoms with Crippen LogP contribution in [-0.2, 0) is 20.9 Å². The molecule has 2 N–H and O–H groups in total. The van der Waals surface area contributed by atoms with Crippen LogP contribution in [0.15, 0.2) is 24.3 Å². The van der Waals surface area contributed by atoms with Gasteiger partial charge in [-0.15, -0.1) is 0 Å². The second-order valence-corrected chi connectivity index (χ2v) is 5.10. The summed E-state index contributed by atoms with van der Waals surface area (Å²) in [4.78, 5) is 23.3. The third kappa shape index (κ3) is 3.36. The lowest BCUT2D eigenvalue weighted by molar-refractivity contribution is -0.145. The third-order valence-electron chi connectivity index (χ3n) is 3.68. The lowest BCUT2D eigenvalue weighted by atomic mass is 9.95. The minimum Gasteiger partial charge on any atom is -0.481 e. The fourth-order valence-corrected chi connectivity index (χ4v) is 2.71. The molecule has 0 heterocycles. The lowest BCUT2D eigenvalue weighted by Gasteiger charge is -2.16. The first kappa shape index (κ1) is 14.5. The van der Waals surface area contributed by atoms with Crippen LogP contribution in [0.1, 0.15) is 24.8 Å². The number of methoxy groups -OCH3 is 1. The summed E-state index contributed by atoms with van der Waals surface area (Å²) in [5.74, 6) is -2.07. The molecule has 0 saturated heterocycles. The zero-order chi connectivity index (χ0) is 14.5. The number of carboxylic acid groups (broad SMARTS) is 1. The van der Waals surface area contributed by atoms with E-state index in [-0.39, 0.29) is 5.91 Å². The van der Waals surface area contributed by atoms with E-state index in [1.54, 1.807) is 13.2 Å². The average Bonchev–Trinajstić information content (AvgIpc) is 2.89. The van der Waals surface area contributed by atoms with E-state index in [1.807, 2.05) is 18.2 Å². The normalized spacial score (nSPS) is 21.6. The van der Waals surface area contributed by atoms with Gasteiger partial charge in [-0.3, -0.25) is 9.59 Å². The van der Waals surface area contributed by atoms with Crippen LogP contribution in [0.4, 0.5) is 5.69 Å². The quantitative estimate of drug-likeness (QED) is 0.865. The Balaban J connectivity index is 2.04. The molecule has 2 unspecified atom stereocenters. The molecule has 1 aromatic rings. The van der Waals surface area contributed by atoms with Crippen molar-refractivity contribution in [3.63, 3.8) is 0 Å². The Morgan fingerprint density at radius 2 is 2.10 bits per heavy atom. The third-order valence-corrected chi connectivity index (χ3v) is 3.68. The van der Waals surface area contributed by atoms with Gasteiger partial charge in [0, 0.05) is 12.8 Å². The van der Waals surface area contributed by atoms with E-state index in [4.69, 9.17) is 9.84 Å². The first-order chi connectivity index (χ1) is 9.61. The number of hydrogen-bond donors (Lipinski definition) is 2. The molecule has 1 aliphatic carbocycles. The molecular weight excluding hydrogens is 258 g/mol. The van der Waals surface area contributed by atoms with Crippen LogP contribution in [-0.4, -0.2) is 24.1 Å². The van der Waals surface area contributed by atoms with Gasteiger partial charge in [0.2, 0.25) is 5.91 Å². The maximum absolute atomic E-state index is 12.2. The van der Waals surface area contributed by atoms with E-state index in [2.05, 4.69) is 5.32 Å². The zero-order valence-electron chi connectivity index (χ0n) is 11.5. The van der Waals surface area contributed by atoms with E-state index in [9.17, 15) is 9.59 Å². The number of rotatable bonds is 5. The van der Waals surface area contributed by atoms with Gasteiger partial charge >= 0.3 is 5.97 Å². The highest BCUT2D eigenvalue weighted by atomic mass is 16.5. The smallest absolute Gasteiger partial charge is 0.307 e. The number of carboxylic acids is 1. The summed E-state index contributed by atoms with van der Waals surface area (Å²) >= 11 is 0. The summed E-state index contributed by atoms with van der Waals surface area (Å²) in [5.41, 5.74) is 1.65. The molecule has 5 nitrogen and oxygen atoms in total. The molecule has 108 valence electrons. The van der Waals surface area contributed by atoms with Crippen LogP contribution in [0.5, 0.6) is 0 Å². The van der Waals surface area contributed by atoms with Crippen molar-refractivity contribution in [1.82, 2.24) is 0 Å². The molecule has 20 heavy (non-hydrogen) atoms. The molecular formula is C15H19NO4. The number of hydrogen-bond acceptors (Lipinski definition) is 3. The van der Waals surface area contributed by atoms with E-state index in [0.29, 0.717) is 25.1 Å². The van der Waals surface area contributed by atoms with Gasteiger partial charge < -0.3 is 15.2 Å². The molecule has 0 aromatic heterocycles. The molecule has 0 bridgehead atoms. The Hall–Kier alpha value is -1.88. The maximum Gasteiger partial charge on any atom is 0.307 e. The number of aliphatic carboxylic acids is 1. The standard InChI is InChI=1S/C15H19NO4/c1-20-9-10-4-2-5-11(8-10)16-14(17)12-6-3-7-13(12)15(18)19/h2,4-5,8,12-13H,3,6-7,9H2,1H3,(H,16,17)(H,18,19). The highest BCUT2D eigenvalue weighted by molar-refractivity contribution is 5.95. The molecule has 1 fully saturated rings. The molecule has 2 atom stereocenters. The molecule has 0 spiro atoms. The Bertz CT molecular complexity index is 500. The highest BCUT2D eigenvalue weighted by Crippen LogP contribution is 2.32. The fourth-order valence-electron chi connectivity index (χ4n) is 2.71. The number of ether oxygens (including phenoxy) is 1. The van der Waals surface area contributed by atoms with Crippen molar-refractivity contribution in [3.05, 3.63) is 29.8 Å². The Labute approximate surface area is 117 Å². The van der Waals surface area contributed by atoms with Crippen LogP contribution < -0.4 is 5.32 Å². The van der Waals surface area contributed by atoms with Crippen molar-refractivity contribution in [2.75, 3.05) is 12.4 Å². The van der Waals surface area contributed by atoms with E-state index >= 15 is 0 Å². The predicted molar refractivity (Wildman–Crippen MR) is 74.3 cm³/mol. The van der Waals surface area contributed by atoms with E-state index < -0.39 is 17.8 Å². The Kier molecular flexibility index (Phi) is 4.74. The first-order valence-corrected chi connectivity index (χ1v) is 6.73. The number of benzene rings is 1. The van der Waals surface area contributed by atoms with Crippen molar-refractivity contribution >= 4 is 17.6 Å². The summed E-state index contributed by atoms with van der Waals surface area (Å²) in [6.45, 7) is 0.477. The number of nitrogens with one attached hydrogen (secondary N) is 1. The SMILES string of the molecule is COCc1cccc(NC(=O)C2CCCC2C(=O)O)c1. The summed E-state index contributed by atoms with van der Waals surface area (Å²) in [5, 5.41) is 11.9. The highest BCUT2D eigenvalue weighted by Gasteiger charge is 2.37. The van der Waals surface area contributed by atoms with Gasteiger partial charge in [-0.1, -0.05) is 18.6 Å². The van der Waals surface area contributed by atoms with Gasteiger partial charge in [0.05, 0.1) is 18.4 Å². The van der Waals surface area contributed by atoms with Crippen LogP contribution in [0, 0.1) is 11.8 Å². The number of anilines is 1. The Morgan fingerprint density at radius 1 is 1.35 bits per heavy atom.